The predicted molar refractivity (Wildman–Crippen MR) is 60.5 cm³/mol. The van der Waals surface area contributed by atoms with E-state index < -0.39 is 21.4 Å². The van der Waals surface area contributed by atoms with Crippen LogP contribution in [-0.2, 0) is 16.6 Å². The van der Waals surface area contributed by atoms with E-state index in [1.54, 1.807) is 32.0 Å². The first-order valence-corrected chi connectivity index (χ1v) is 6.43. The van der Waals surface area contributed by atoms with Gasteiger partial charge >= 0.3 is 10.2 Å². The average Bonchev–Trinajstić information content (AvgIpc) is 1.96. The van der Waals surface area contributed by atoms with Gasteiger partial charge in [0.1, 0.15) is 5.75 Å². The second-order valence-corrected chi connectivity index (χ2v) is 6.06. The Hall–Kier alpha value is -1.10. The molecule has 0 fully saturated rings. The fourth-order valence-electron chi connectivity index (χ4n) is 1.74. The van der Waals surface area contributed by atoms with Crippen molar-refractivity contribution in [2.75, 3.05) is 5.75 Å². The Morgan fingerprint density at radius 2 is 2.00 bits per heavy atom. The smallest absolute Gasteiger partial charge is 0.302 e. The summed E-state index contributed by atoms with van der Waals surface area (Å²) in [6.07, 6.45) is 0.393. The third-order valence-electron chi connectivity index (χ3n) is 2.16. The van der Waals surface area contributed by atoms with Gasteiger partial charge in [-0.15, -0.1) is 3.89 Å². The Balaban J connectivity index is 2.80. The molecule has 1 aromatic carbocycles. The van der Waals surface area contributed by atoms with Crippen LogP contribution in [0.3, 0.4) is 0 Å². The van der Waals surface area contributed by atoms with Crippen LogP contribution >= 0.6 is 0 Å². The van der Waals surface area contributed by atoms with E-state index in [4.69, 9.17) is 0 Å². The molecule has 0 aliphatic heterocycles. The Bertz CT molecular complexity index is 466. The van der Waals surface area contributed by atoms with Crippen LogP contribution in [0.4, 0.5) is 3.89 Å². The first-order valence-electron chi connectivity index (χ1n) is 4.88. The zero-order valence-corrected chi connectivity index (χ0v) is 10.1. The van der Waals surface area contributed by atoms with Crippen LogP contribution in [0, 0.1) is 5.41 Å². The lowest BCUT2D eigenvalue weighted by molar-refractivity contribution is 0.400. The van der Waals surface area contributed by atoms with Crippen molar-refractivity contribution in [3.63, 3.8) is 0 Å². The predicted octanol–water partition coefficient (Wildman–Crippen LogP) is 2.26. The fourth-order valence-corrected chi connectivity index (χ4v) is 2.77. The van der Waals surface area contributed by atoms with Crippen molar-refractivity contribution in [1.82, 2.24) is 0 Å². The topological polar surface area (TPSA) is 54.4 Å². The van der Waals surface area contributed by atoms with Gasteiger partial charge in [0, 0.05) is 0 Å². The molecular formula is C11H15FO3S. The van der Waals surface area contributed by atoms with Gasteiger partial charge < -0.3 is 5.11 Å². The van der Waals surface area contributed by atoms with Crippen LogP contribution in [0.25, 0.3) is 0 Å². The molecular weight excluding hydrogens is 231 g/mol. The van der Waals surface area contributed by atoms with Crippen molar-refractivity contribution >= 4 is 10.2 Å². The van der Waals surface area contributed by atoms with Crippen LogP contribution in [0.2, 0.25) is 0 Å². The second kappa shape index (κ2) is 4.41. The molecule has 5 heteroatoms. The van der Waals surface area contributed by atoms with Crippen LogP contribution in [-0.4, -0.2) is 19.3 Å². The number of halogens is 1. The molecule has 1 aromatic rings. The van der Waals surface area contributed by atoms with Crippen LogP contribution in [0.5, 0.6) is 5.75 Å². The van der Waals surface area contributed by atoms with Crippen LogP contribution in [0.1, 0.15) is 19.4 Å². The van der Waals surface area contributed by atoms with Crippen molar-refractivity contribution in [3.05, 3.63) is 29.8 Å². The zero-order chi connectivity index (χ0) is 12.4. The van der Waals surface area contributed by atoms with Gasteiger partial charge in [0.25, 0.3) is 0 Å². The maximum Gasteiger partial charge on any atom is 0.302 e. The highest BCUT2D eigenvalue weighted by molar-refractivity contribution is 7.86. The van der Waals surface area contributed by atoms with Crippen molar-refractivity contribution in [2.45, 2.75) is 20.3 Å². The molecule has 0 spiro atoms. The van der Waals surface area contributed by atoms with Gasteiger partial charge in [-0.25, -0.2) is 0 Å². The number of hydrogen-bond acceptors (Lipinski definition) is 3. The molecule has 0 amide bonds. The van der Waals surface area contributed by atoms with Crippen LogP contribution < -0.4 is 0 Å². The standard InChI is InChI=1S/C11H15FO3S/c1-11(2,8-16(12,14)15)7-9-4-3-5-10(13)6-9/h3-6,13H,7-8H2,1-2H3. The summed E-state index contributed by atoms with van der Waals surface area (Å²) in [7, 11) is -4.47. The van der Waals surface area contributed by atoms with Gasteiger partial charge in [-0.3, -0.25) is 0 Å². The maximum absolute atomic E-state index is 12.6. The molecule has 0 atom stereocenters. The number of rotatable bonds is 4. The largest absolute Gasteiger partial charge is 0.508 e. The Kier molecular flexibility index (Phi) is 3.57. The molecule has 3 nitrogen and oxygen atoms in total. The summed E-state index contributed by atoms with van der Waals surface area (Å²) in [5, 5.41) is 9.25. The highest BCUT2D eigenvalue weighted by Crippen LogP contribution is 2.25. The molecule has 1 rings (SSSR count). The molecule has 0 aliphatic carbocycles. The van der Waals surface area contributed by atoms with Crippen molar-refractivity contribution < 1.29 is 17.4 Å². The number of phenolic OH excluding ortho intramolecular Hbond substituents is 1. The quantitative estimate of drug-likeness (QED) is 0.829. The summed E-state index contributed by atoms with van der Waals surface area (Å²) in [6, 6.07) is 6.52. The Morgan fingerprint density at radius 3 is 2.50 bits per heavy atom. The van der Waals surface area contributed by atoms with Gasteiger partial charge in [-0.05, 0) is 29.5 Å². The molecule has 0 bridgehead atoms. The lowest BCUT2D eigenvalue weighted by Gasteiger charge is -2.22. The van der Waals surface area contributed by atoms with Gasteiger partial charge in [-0.2, -0.15) is 8.42 Å². The monoisotopic (exact) mass is 246 g/mol. The SMILES string of the molecule is CC(C)(Cc1cccc(O)c1)CS(=O)(=O)F. The number of phenols is 1. The molecule has 0 unspecified atom stereocenters. The summed E-state index contributed by atoms with van der Waals surface area (Å²) in [6.45, 7) is 3.35. The highest BCUT2D eigenvalue weighted by Gasteiger charge is 2.26. The molecule has 0 saturated heterocycles. The van der Waals surface area contributed by atoms with Gasteiger partial charge in [0.2, 0.25) is 0 Å². The zero-order valence-electron chi connectivity index (χ0n) is 9.27. The van der Waals surface area contributed by atoms with E-state index in [0.717, 1.165) is 5.56 Å². The fraction of sp³-hybridized carbons (Fsp3) is 0.455. The molecule has 0 heterocycles. The van der Waals surface area contributed by atoms with Crippen molar-refractivity contribution in [3.8, 4) is 5.75 Å². The van der Waals surface area contributed by atoms with Gasteiger partial charge in [0.15, 0.2) is 0 Å². The summed E-state index contributed by atoms with van der Waals surface area (Å²) in [5.41, 5.74) is 0.0927. The van der Waals surface area contributed by atoms with E-state index in [1.165, 1.54) is 6.07 Å². The Labute approximate surface area is 95.1 Å². The number of benzene rings is 1. The third-order valence-corrected chi connectivity index (χ3v) is 3.28. The average molecular weight is 246 g/mol. The van der Waals surface area contributed by atoms with E-state index in [9.17, 15) is 17.4 Å². The molecule has 90 valence electrons. The van der Waals surface area contributed by atoms with Crippen molar-refractivity contribution in [2.24, 2.45) is 5.41 Å². The molecule has 0 aromatic heterocycles. The summed E-state index contributed by atoms with van der Waals surface area (Å²) in [4.78, 5) is 0. The summed E-state index contributed by atoms with van der Waals surface area (Å²) >= 11 is 0. The first kappa shape index (κ1) is 13.0. The first-order chi connectivity index (χ1) is 7.18. The summed E-state index contributed by atoms with van der Waals surface area (Å²) < 4.78 is 33.8. The molecule has 0 aliphatic rings. The minimum atomic E-state index is -4.47. The highest BCUT2D eigenvalue weighted by atomic mass is 32.3. The molecule has 0 saturated carbocycles. The van der Waals surface area contributed by atoms with Crippen LogP contribution in [0.15, 0.2) is 24.3 Å². The molecule has 0 radical (unpaired) electrons. The lowest BCUT2D eigenvalue weighted by atomic mass is 9.88. The van der Waals surface area contributed by atoms with E-state index in [1.807, 2.05) is 0 Å². The Morgan fingerprint density at radius 1 is 1.38 bits per heavy atom. The van der Waals surface area contributed by atoms with E-state index in [-0.39, 0.29) is 5.75 Å². The second-order valence-electron chi connectivity index (χ2n) is 4.69. The van der Waals surface area contributed by atoms with Crippen molar-refractivity contribution in [1.29, 1.82) is 0 Å². The normalized spacial score (nSPS) is 12.7. The van der Waals surface area contributed by atoms with Gasteiger partial charge in [-0.1, -0.05) is 26.0 Å². The van der Waals surface area contributed by atoms with E-state index in [0.29, 0.717) is 6.42 Å². The maximum atomic E-state index is 12.6. The summed E-state index contributed by atoms with van der Waals surface area (Å²) in [5.74, 6) is -0.397. The lowest BCUT2D eigenvalue weighted by Crippen LogP contribution is -2.24. The number of aromatic hydroxyl groups is 1. The van der Waals surface area contributed by atoms with E-state index in [2.05, 4.69) is 0 Å². The van der Waals surface area contributed by atoms with Gasteiger partial charge in [0.05, 0.1) is 5.75 Å². The minimum Gasteiger partial charge on any atom is -0.508 e. The molecule has 1 N–H and O–H groups in total. The number of hydrogen-bond donors (Lipinski definition) is 1. The minimum absolute atomic E-state index is 0.122. The van der Waals surface area contributed by atoms with E-state index >= 15 is 0 Å². The molecule has 16 heavy (non-hydrogen) atoms. The third kappa shape index (κ3) is 4.61.